The summed E-state index contributed by atoms with van der Waals surface area (Å²) in [5, 5.41) is 5.35. The SMILES string of the molecule is Cc1ccc(Nc2ncc(C(=O)N3CCOCC3)c3c(C)cccc23)cc1C. The van der Waals surface area contributed by atoms with E-state index in [1.165, 1.54) is 11.1 Å². The fourth-order valence-corrected chi connectivity index (χ4v) is 3.64. The van der Waals surface area contributed by atoms with Crippen molar-refractivity contribution in [2.45, 2.75) is 20.8 Å². The normalized spacial score (nSPS) is 14.3. The Labute approximate surface area is 165 Å². The first-order valence-corrected chi connectivity index (χ1v) is 9.64. The van der Waals surface area contributed by atoms with Crippen molar-refractivity contribution in [2.24, 2.45) is 0 Å². The lowest BCUT2D eigenvalue weighted by Crippen LogP contribution is -2.40. The van der Waals surface area contributed by atoms with Crippen molar-refractivity contribution in [2.75, 3.05) is 31.6 Å². The van der Waals surface area contributed by atoms with Gasteiger partial charge in [-0.1, -0.05) is 24.3 Å². The average molecular weight is 375 g/mol. The highest BCUT2D eigenvalue weighted by Gasteiger charge is 2.22. The molecular weight excluding hydrogens is 350 g/mol. The fourth-order valence-electron chi connectivity index (χ4n) is 3.64. The third kappa shape index (κ3) is 3.45. The van der Waals surface area contributed by atoms with Crippen molar-refractivity contribution in [1.29, 1.82) is 0 Å². The van der Waals surface area contributed by atoms with Gasteiger partial charge >= 0.3 is 0 Å². The Morgan fingerprint density at radius 1 is 1.04 bits per heavy atom. The number of amides is 1. The molecule has 1 aromatic heterocycles. The number of benzene rings is 2. The van der Waals surface area contributed by atoms with Gasteiger partial charge in [-0.05, 0) is 49.6 Å². The molecule has 0 unspecified atom stereocenters. The monoisotopic (exact) mass is 375 g/mol. The summed E-state index contributed by atoms with van der Waals surface area (Å²) in [6, 6.07) is 12.3. The number of carbonyl (C=O) groups is 1. The first-order chi connectivity index (χ1) is 13.5. The van der Waals surface area contributed by atoms with E-state index in [4.69, 9.17) is 4.74 Å². The zero-order valence-corrected chi connectivity index (χ0v) is 16.6. The van der Waals surface area contributed by atoms with Gasteiger partial charge in [-0.2, -0.15) is 0 Å². The van der Waals surface area contributed by atoms with Crippen LogP contribution in [0, 0.1) is 20.8 Å². The number of rotatable bonds is 3. The number of fused-ring (bicyclic) bond motifs is 1. The molecule has 1 saturated heterocycles. The standard InChI is InChI=1S/C23H25N3O2/c1-15-7-8-18(13-17(15)3)25-22-19-6-4-5-16(2)21(19)20(14-24-22)23(27)26-9-11-28-12-10-26/h4-8,13-14H,9-12H2,1-3H3,(H,24,25). The van der Waals surface area contributed by atoms with E-state index in [0.717, 1.165) is 27.8 Å². The van der Waals surface area contributed by atoms with Crippen molar-refractivity contribution in [3.05, 3.63) is 64.8 Å². The molecule has 0 saturated carbocycles. The Hall–Kier alpha value is -2.92. The molecule has 1 amide bonds. The summed E-state index contributed by atoms with van der Waals surface area (Å²) >= 11 is 0. The Morgan fingerprint density at radius 2 is 1.82 bits per heavy atom. The van der Waals surface area contributed by atoms with Crippen molar-refractivity contribution in [3.63, 3.8) is 0 Å². The zero-order valence-electron chi connectivity index (χ0n) is 16.6. The van der Waals surface area contributed by atoms with Crippen molar-refractivity contribution in [3.8, 4) is 0 Å². The molecule has 1 aliphatic rings. The van der Waals surface area contributed by atoms with Gasteiger partial charge in [-0.25, -0.2) is 4.98 Å². The summed E-state index contributed by atoms with van der Waals surface area (Å²) in [4.78, 5) is 19.6. The number of carbonyl (C=O) groups excluding carboxylic acids is 1. The van der Waals surface area contributed by atoms with E-state index in [0.29, 0.717) is 31.9 Å². The van der Waals surface area contributed by atoms with E-state index in [9.17, 15) is 4.79 Å². The molecule has 28 heavy (non-hydrogen) atoms. The van der Waals surface area contributed by atoms with Crippen molar-refractivity contribution >= 4 is 28.2 Å². The van der Waals surface area contributed by atoms with Crippen LogP contribution in [-0.4, -0.2) is 42.1 Å². The molecule has 0 atom stereocenters. The van der Waals surface area contributed by atoms with Gasteiger partial charge in [0.2, 0.25) is 0 Å². The van der Waals surface area contributed by atoms with Gasteiger partial charge in [-0.3, -0.25) is 4.79 Å². The maximum Gasteiger partial charge on any atom is 0.256 e. The molecule has 144 valence electrons. The molecule has 0 aliphatic carbocycles. The second kappa shape index (κ2) is 7.60. The van der Waals surface area contributed by atoms with Gasteiger partial charge < -0.3 is 15.0 Å². The molecule has 0 bridgehead atoms. The number of nitrogens with zero attached hydrogens (tertiary/aromatic N) is 2. The summed E-state index contributed by atoms with van der Waals surface area (Å²) in [5.41, 5.74) is 5.20. The maximum atomic E-state index is 13.1. The molecule has 4 rings (SSSR count). The lowest BCUT2D eigenvalue weighted by molar-refractivity contribution is 0.0304. The molecule has 0 spiro atoms. The molecular formula is C23H25N3O2. The van der Waals surface area contributed by atoms with Crippen LogP contribution in [0.1, 0.15) is 27.0 Å². The summed E-state index contributed by atoms with van der Waals surface area (Å²) in [6.45, 7) is 8.65. The summed E-state index contributed by atoms with van der Waals surface area (Å²) in [6.07, 6.45) is 1.70. The topological polar surface area (TPSA) is 54.5 Å². The highest BCUT2D eigenvalue weighted by Crippen LogP contribution is 2.30. The first-order valence-electron chi connectivity index (χ1n) is 9.64. The predicted molar refractivity (Wildman–Crippen MR) is 112 cm³/mol. The van der Waals surface area contributed by atoms with Gasteiger partial charge in [0.05, 0.1) is 18.8 Å². The Kier molecular flexibility index (Phi) is 5.01. The van der Waals surface area contributed by atoms with Crippen LogP contribution in [0.5, 0.6) is 0 Å². The van der Waals surface area contributed by atoms with Gasteiger partial charge in [0.1, 0.15) is 5.82 Å². The molecule has 3 aromatic rings. The molecule has 5 nitrogen and oxygen atoms in total. The van der Waals surface area contributed by atoms with Gasteiger partial charge in [0, 0.05) is 35.7 Å². The summed E-state index contributed by atoms with van der Waals surface area (Å²) in [7, 11) is 0. The maximum absolute atomic E-state index is 13.1. The first kappa shape index (κ1) is 18.4. The largest absolute Gasteiger partial charge is 0.378 e. The number of ether oxygens (including phenoxy) is 1. The lowest BCUT2D eigenvalue weighted by Gasteiger charge is -2.27. The molecule has 1 aliphatic heterocycles. The fraction of sp³-hybridized carbons (Fsp3) is 0.304. The van der Waals surface area contributed by atoms with Gasteiger partial charge in [0.25, 0.3) is 5.91 Å². The lowest BCUT2D eigenvalue weighted by atomic mass is 10.0. The zero-order chi connectivity index (χ0) is 19.7. The van der Waals surface area contributed by atoms with Crippen LogP contribution in [0.2, 0.25) is 0 Å². The quantitative estimate of drug-likeness (QED) is 0.738. The number of aryl methyl sites for hydroxylation is 3. The Bertz CT molecular complexity index is 1040. The number of hydrogen-bond donors (Lipinski definition) is 1. The second-order valence-electron chi connectivity index (χ2n) is 7.35. The van der Waals surface area contributed by atoms with Gasteiger partial charge in [-0.15, -0.1) is 0 Å². The minimum atomic E-state index is 0.0211. The summed E-state index contributed by atoms with van der Waals surface area (Å²) < 4.78 is 5.38. The number of morpholine rings is 1. The number of anilines is 2. The molecule has 2 aromatic carbocycles. The molecule has 5 heteroatoms. The second-order valence-corrected chi connectivity index (χ2v) is 7.35. The van der Waals surface area contributed by atoms with Crippen LogP contribution in [0.25, 0.3) is 10.8 Å². The third-order valence-corrected chi connectivity index (χ3v) is 5.42. The minimum Gasteiger partial charge on any atom is -0.378 e. The molecule has 0 radical (unpaired) electrons. The number of hydrogen-bond acceptors (Lipinski definition) is 4. The van der Waals surface area contributed by atoms with Crippen LogP contribution in [0.15, 0.2) is 42.6 Å². The van der Waals surface area contributed by atoms with E-state index in [1.807, 2.05) is 30.0 Å². The smallest absolute Gasteiger partial charge is 0.256 e. The highest BCUT2D eigenvalue weighted by atomic mass is 16.5. The number of aromatic nitrogens is 1. The van der Waals surface area contributed by atoms with Crippen LogP contribution in [0.4, 0.5) is 11.5 Å². The van der Waals surface area contributed by atoms with Crippen molar-refractivity contribution in [1.82, 2.24) is 9.88 Å². The Morgan fingerprint density at radius 3 is 2.57 bits per heavy atom. The number of pyridine rings is 1. The molecule has 1 fully saturated rings. The number of nitrogens with one attached hydrogen (secondary N) is 1. The molecule has 2 heterocycles. The molecule has 1 N–H and O–H groups in total. The van der Waals surface area contributed by atoms with Crippen molar-refractivity contribution < 1.29 is 9.53 Å². The minimum absolute atomic E-state index is 0.0211. The summed E-state index contributed by atoms with van der Waals surface area (Å²) in [5.74, 6) is 0.785. The van der Waals surface area contributed by atoms with Crippen LogP contribution >= 0.6 is 0 Å². The predicted octanol–water partition coefficient (Wildman–Crippen LogP) is 4.38. The van der Waals surface area contributed by atoms with Gasteiger partial charge in [0.15, 0.2) is 0 Å². The average Bonchev–Trinajstić information content (AvgIpc) is 2.71. The van der Waals surface area contributed by atoms with E-state index < -0.39 is 0 Å². The third-order valence-electron chi connectivity index (χ3n) is 5.42. The van der Waals surface area contributed by atoms with E-state index in [2.05, 4.69) is 42.3 Å². The van der Waals surface area contributed by atoms with Crippen LogP contribution < -0.4 is 5.32 Å². The van der Waals surface area contributed by atoms with E-state index >= 15 is 0 Å². The Balaban J connectivity index is 1.76. The van der Waals surface area contributed by atoms with Crippen LogP contribution in [0.3, 0.4) is 0 Å². The van der Waals surface area contributed by atoms with Crippen LogP contribution in [-0.2, 0) is 4.74 Å². The van der Waals surface area contributed by atoms with E-state index in [-0.39, 0.29) is 5.91 Å². The highest BCUT2D eigenvalue weighted by molar-refractivity contribution is 6.10. The van der Waals surface area contributed by atoms with E-state index in [1.54, 1.807) is 6.20 Å².